The summed E-state index contributed by atoms with van der Waals surface area (Å²) in [5.74, 6) is 0.334. The van der Waals surface area contributed by atoms with Crippen LogP contribution < -0.4 is 10.1 Å². The number of aldehydes is 1. The van der Waals surface area contributed by atoms with E-state index in [0.29, 0.717) is 24.2 Å². The third-order valence-corrected chi connectivity index (χ3v) is 4.39. The molecular weight excluding hydrogens is 358 g/mol. The number of rotatable bonds is 9. The lowest BCUT2D eigenvalue weighted by Crippen LogP contribution is -2.39. The first-order chi connectivity index (χ1) is 13.6. The van der Waals surface area contributed by atoms with Gasteiger partial charge in [0, 0.05) is 5.39 Å². The highest BCUT2D eigenvalue weighted by Gasteiger charge is 2.17. The van der Waals surface area contributed by atoms with E-state index in [0.717, 1.165) is 17.4 Å². The fraction of sp³-hybridized carbons (Fsp3) is 0.273. The molecule has 3 aromatic rings. The maximum atomic E-state index is 12.4. The molecule has 0 saturated carbocycles. The summed E-state index contributed by atoms with van der Waals surface area (Å²) in [6.45, 7) is 2.55. The number of ether oxygens (including phenoxy) is 2. The number of fused-ring (bicyclic) bond motifs is 1. The van der Waals surface area contributed by atoms with Crippen LogP contribution in [-0.2, 0) is 22.6 Å². The molecule has 28 heavy (non-hydrogen) atoms. The Morgan fingerprint density at radius 1 is 1.18 bits per heavy atom. The van der Waals surface area contributed by atoms with Crippen LogP contribution in [0.2, 0.25) is 0 Å². The molecular formula is C22H23NO5. The van der Waals surface area contributed by atoms with Gasteiger partial charge in [0.25, 0.3) is 5.91 Å². The van der Waals surface area contributed by atoms with Gasteiger partial charge in [-0.05, 0) is 41.8 Å². The highest BCUT2D eigenvalue weighted by Crippen LogP contribution is 2.24. The first-order valence-corrected chi connectivity index (χ1v) is 9.12. The van der Waals surface area contributed by atoms with Gasteiger partial charge in [-0.1, -0.05) is 31.2 Å². The van der Waals surface area contributed by atoms with E-state index in [-0.39, 0.29) is 12.4 Å². The lowest BCUT2D eigenvalue weighted by molar-refractivity contribution is -0.110. The van der Waals surface area contributed by atoms with Gasteiger partial charge >= 0.3 is 0 Å². The third-order valence-electron chi connectivity index (χ3n) is 4.39. The van der Waals surface area contributed by atoms with E-state index >= 15 is 0 Å². The molecule has 1 N–H and O–H groups in total. The van der Waals surface area contributed by atoms with E-state index in [1.165, 1.54) is 5.56 Å². The number of carbonyl (C=O) groups excluding carboxylic acids is 2. The van der Waals surface area contributed by atoms with E-state index < -0.39 is 11.9 Å². The number of benzene rings is 2. The molecule has 2 aromatic carbocycles. The second kappa shape index (κ2) is 9.19. The van der Waals surface area contributed by atoms with E-state index in [1.54, 1.807) is 31.4 Å². The van der Waals surface area contributed by atoms with Crippen molar-refractivity contribution >= 4 is 23.2 Å². The van der Waals surface area contributed by atoms with Gasteiger partial charge < -0.3 is 24.0 Å². The quantitative estimate of drug-likeness (QED) is 0.574. The van der Waals surface area contributed by atoms with Gasteiger partial charge in [0.2, 0.25) is 0 Å². The normalized spacial score (nSPS) is 11.9. The number of carbonyl (C=O) groups is 2. The Labute approximate surface area is 163 Å². The van der Waals surface area contributed by atoms with Crippen LogP contribution in [0.1, 0.15) is 28.6 Å². The summed E-state index contributed by atoms with van der Waals surface area (Å²) >= 11 is 0. The van der Waals surface area contributed by atoms with Crippen molar-refractivity contribution in [1.29, 1.82) is 0 Å². The van der Waals surface area contributed by atoms with Crippen molar-refractivity contribution in [2.45, 2.75) is 26.0 Å². The molecule has 0 bridgehead atoms. The summed E-state index contributed by atoms with van der Waals surface area (Å²) in [7, 11) is 1.57. The molecule has 146 valence electrons. The second-order valence-electron chi connectivity index (χ2n) is 6.42. The van der Waals surface area contributed by atoms with Crippen LogP contribution in [0.25, 0.3) is 11.0 Å². The molecule has 6 nitrogen and oxygen atoms in total. The summed E-state index contributed by atoms with van der Waals surface area (Å²) in [4.78, 5) is 23.7. The highest BCUT2D eigenvalue weighted by molar-refractivity contribution is 5.97. The molecule has 0 radical (unpaired) electrons. The number of amides is 1. The van der Waals surface area contributed by atoms with Crippen LogP contribution in [-0.4, -0.2) is 32.0 Å². The fourth-order valence-electron chi connectivity index (χ4n) is 2.86. The SMILES string of the molecule is CCc1cccc(COC[C@@H](C=O)NC(=O)c2cc3cc(OC)ccc3o2)c1. The Bertz CT molecular complexity index is 962. The van der Waals surface area contributed by atoms with E-state index in [1.807, 2.05) is 12.1 Å². The van der Waals surface area contributed by atoms with Crippen molar-refractivity contribution in [2.75, 3.05) is 13.7 Å². The minimum absolute atomic E-state index is 0.0830. The second-order valence-corrected chi connectivity index (χ2v) is 6.42. The first-order valence-electron chi connectivity index (χ1n) is 9.12. The smallest absolute Gasteiger partial charge is 0.287 e. The standard InChI is InChI=1S/C22H23NO5/c1-3-15-5-4-6-16(9-15)13-27-14-18(12-24)23-22(25)21-11-17-10-19(26-2)7-8-20(17)28-21/h4-12,18H,3,13-14H2,1-2H3,(H,23,25)/t18-/m1/s1. The van der Waals surface area contributed by atoms with Crippen LogP contribution in [0, 0.1) is 0 Å². The molecule has 0 fully saturated rings. The Hall–Kier alpha value is -3.12. The first kappa shape index (κ1) is 19.6. The van der Waals surface area contributed by atoms with Crippen LogP contribution in [0.4, 0.5) is 0 Å². The lowest BCUT2D eigenvalue weighted by Gasteiger charge is -2.12. The number of aryl methyl sites for hydroxylation is 1. The van der Waals surface area contributed by atoms with Crippen molar-refractivity contribution in [3.05, 3.63) is 65.4 Å². The van der Waals surface area contributed by atoms with Crippen LogP contribution in [0.15, 0.2) is 52.9 Å². The predicted octanol–water partition coefficient (Wildman–Crippen LogP) is 3.52. The van der Waals surface area contributed by atoms with Crippen LogP contribution in [0.5, 0.6) is 5.75 Å². The molecule has 6 heteroatoms. The summed E-state index contributed by atoms with van der Waals surface area (Å²) in [5.41, 5.74) is 2.82. The number of furan rings is 1. The average Bonchev–Trinajstić information content (AvgIpc) is 3.16. The number of methoxy groups -OCH3 is 1. The number of hydrogen-bond acceptors (Lipinski definition) is 5. The van der Waals surface area contributed by atoms with Gasteiger partial charge in [-0.25, -0.2) is 0 Å². The summed E-state index contributed by atoms with van der Waals surface area (Å²) in [5, 5.41) is 3.37. The fourth-order valence-corrected chi connectivity index (χ4v) is 2.86. The highest BCUT2D eigenvalue weighted by atomic mass is 16.5. The van der Waals surface area contributed by atoms with Gasteiger partial charge in [0.05, 0.1) is 20.3 Å². The maximum absolute atomic E-state index is 12.4. The number of nitrogens with one attached hydrogen (secondary N) is 1. The molecule has 0 aliphatic rings. The lowest BCUT2D eigenvalue weighted by atomic mass is 10.1. The van der Waals surface area contributed by atoms with Crippen molar-refractivity contribution in [1.82, 2.24) is 5.32 Å². The molecule has 0 unspecified atom stereocenters. The van der Waals surface area contributed by atoms with Crippen molar-refractivity contribution in [2.24, 2.45) is 0 Å². The van der Waals surface area contributed by atoms with Gasteiger partial charge in [-0.3, -0.25) is 4.79 Å². The average molecular weight is 381 g/mol. The molecule has 1 atom stereocenters. The van der Waals surface area contributed by atoms with Gasteiger partial charge in [-0.15, -0.1) is 0 Å². The third kappa shape index (κ3) is 4.78. The Morgan fingerprint density at radius 2 is 2.00 bits per heavy atom. The van der Waals surface area contributed by atoms with E-state index in [2.05, 4.69) is 24.4 Å². The molecule has 1 amide bonds. The van der Waals surface area contributed by atoms with E-state index in [9.17, 15) is 9.59 Å². The van der Waals surface area contributed by atoms with Gasteiger partial charge in [0.1, 0.15) is 23.7 Å². The van der Waals surface area contributed by atoms with Crippen molar-refractivity contribution in [3.8, 4) is 5.75 Å². The summed E-state index contributed by atoms with van der Waals surface area (Å²) in [6.07, 6.45) is 1.61. The molecule has 3 rings (SSSR count). The Morgan fingerprint density at radius 3 is 2.75 bits per heavy atom. The van der Waals surface area contributed by atoms with E-state index in [4.69, 9.17) is 13.9 Å². The van der Waals surface area contributed by atoms with Gasteiger partial charge in [0.15, 0.2) is 5.76 Å². The predicted molar refractivity (Wildman–Crippen MR) is 106 cm³/mol. The number of hydrogen-bond donors (Lipinski definition) is 1. The zero-order chi connectivity index (χ0) is 19.9. The van der Waals surface area contributed by atoms with Crippen molar-refractivity contribution in [3.63, 3.8) is 0 Å². The van der Waals surface area contributed by atoms with Crippen LogP contribution in [0.3, 0.4) is 0 Å². The molecule has 1 aromatic heterocycles. The maximum Gasteiger partial charge on any atom is 0.287 e. The Balaban J connectivity index is 1.57. The topological polar surface area (TPSA) is 77.8 Å². The van der Waals surface area contributed by atoms with Crippen LogP contribution >= 0.6 is 0 Å². The molecule has 0 aliphatic heterocycles. The minimum Gasteiger partial charge on any atom is -0.497 e. The largest absolute Gasteiger partial charge is 0.497 e. The molecule has 0 aliphatic carbocycles. The molecule has 0 saturated heterocycles. The Kier molecular flexibility index (Phi) is 6.45. The van der Waals surface area contributed by atoms with Gasteiger partial charge in [-0.2, -0.15) is 0 Å². The minimum atomic E-state index is -0.760. The molecule has 0 spiro atoms. The zero-order valence-electron chi connectivity index (χ0n) is 15.9. The van der Waals surface area contributed by atoms with Crippen molar-refractivity contribution < 1.29 is 23.5 Å². The monoisotopic (exact) mass is 381 g/mol. The molecule has 1 heterocycles. The summed E-state index contributed by atoms with van der Waals surface area (Å²) < 4.78 is 16.3. The summed E-state index contributed by atoms with van der Waals surface area (Å²) in [6, 6.07) is 14.2. The zero-order valence-corrected chi connectivity index (χ0v) is 15.9.